The first-order chi connectivity index (χ1) is 11.0. The molecule has 2 N–H and O–H groups in total. The second-order valence-electron chi connectivity index (χ2n) is 7.11. The summed E-state index contributed by atoms with van der Waals surface area (Å²) in [4.78, 5) is 14.5. The van der Waals surface area contributed by atoms with Gasteiger partial charge in [-0.15, -0.1) is 0 Å². The molecule has 0 spiro atoms. The van der Waals surface area contributed by atoms with Crippen molar-refractivity contribution in [3.05, 3.63) is 35.9 Å². The molecule has 4 heteroatoms. The molecule has 2 rings (SSSR count). The highest BCUT2D eigenvalue weighted by Gasteiger charge is 2.27. The van der Waals surface area contributed by atoms with Crippen LogP contribution in [0.4, 0.5) is 0 Å². The van der Waals surface area contributed by atoms with Crippen molar-refractivity contribution in [1.29, 1.82) is 0 Å². The minimum absolute atomic E-state index is 0.0279. The van der Waals surface area contributed by atoms with E-state index in [1.807, 2.05) is 19.9 Å². The quantitative estimate of drug-likeness (QED) is 0.847. The highest BCUT2D eigenvalue weighted by molar-refractivity contribution is 5.76. The van der Waals surface area contributed by atoms with E-state index in [0.717, 1.165) is 25.9 Å². The average Bonchev–Trinajstić information content (AvgIpc) is 2.51. The van der Waals surface area contributed by atoms with Crippen molar-refractivity contribution < 1.29 is 9.90 Å². The summed E-state index contributed by atoms with van der Waals surface area (Å²) in [6.07, 6.45) is 1.60. The van der Waals surface area contributed by atoms with Gasteiger partial charge < -0.3 is 10.4 Å². The predicted molar refractivity (Wildman–Crippen MR) is 92.9 cm³/mol. The van der Waals surface area contributed by atoms with Crippen LogP contribution in [0.5, 0.6) is 0 Å². The largest absolute Gasteiger partial charge is 0.392 e. The van der Waals surface area contributed by atoms with Crippen molar-refractivity contribution in [3.8, 4) is 0 Å². The lowest BCUT2D eigenvalue weighted by Gasteiger charge is -2.38. The number of amides is 1. The molecular formula is C19H30N2O2. The number of carbonyl (C=O) groups is 1. The van der Waals surface area contributed by atoms with Gasteiger partial charge in [0.1, 0.15) is 0 Å². The van der Waals surface area contributed by atoms with Crippen molar-refractivity contribution in [2.24, 2.45) is 5.92 Å². The molecule has 4 nitrogen and oxygen atoms in total. The van der Waals surface area contributed by atoms with E-state index in [-0.39, 0.29) is 24.3 Å². The Balaban J connectivity index is 1.78. The molecule has 1 fully saturated rings. The summed E-state index contributed by atoms with van der Waals surface area (Å²) in [7, 11) is 0. The van der Waals surface area contributed by atoms with Crippen molar-refractivity contribution in [2.75, 3.05) is 6.54 Å². The van der Waals surface area contributed by atoms with Gasteiger partial charge in [0.15, 0.2) is 0 Å². The van der Waals surface area contributed by atoms with Crippen LogP contribution in [0.2, 0.25) is 0 Å². The molecule has 1 amide bonds. The maximum absolute atomic E-state index is 12.0. The zero-order valence-electron chi connectivity index (χ0n) is 14.5. The number of aliphatic hydroxyl groups excluding tert-OH is 1. The summed E-state index contributed by atoms with van der Waals surface area (Å²) in [5.74, 6) is 0.0901. The summed E-state index contributed by atoms with van der Waals surface area (Å²) in [5, 5.41) is 12.9. The molecule has 1 aliphatic heterocycles. The average molecular weight is 318 g/mol. The van der Waals surface area contributed by atoms with Crippen LogP contribution in [0, 0.1) is 5.92 Å². The van der Waals surface area contributed by atoms with E-state index >= 15 is 0 Å². The second-order valence-corrected chi connectivity index (χ2v) is 7.11. The van der Waals surface area contributed by atoms with Crippen LogP contribution in [-0.4, -0.2) is 40.6 Å². The number of benzene rings is 1. The normalized spacial score (nSPS) is 23.7. The van der Waals surface area contributed by atoms with Crippen LogP contribution in [0.3, 0.4) is 0 Å². The van der Waals surface area contributed by atoms with Crippen LogP contribution >= 0.6 is 0 Å². The SMILES string of the molecule is CC(C)C(O)CC(=O)NC1CCN(Cc2ccccc2)C(C)C1. The number of likely N-dealkylation sites (tertiary alicyclic amines) is 1. The van der Waals surface area contributed by atoms with Crippen LogP contribution in [-0.2, 0) is 11.3 Å². The van der Waals surface area contributed by atoms with Crippen molar-refractivity contribution in [2.45, 2.75) is 64.8 Å². The highest BCUT2D eigenvalue weighted by Crippen LogP contribution is 2.20. The van der Waals surface area contributed by atoms with E-state index in [1.54, 1.807) is 0 Å². The van der Waals surface area contributed by atoms with Gasteiger partial charge in [-0.1, -0.05) is 44.2 Å². The third-order valence-electron chi connectivity index (χ3n) is 4.77. The summed E-state index contributed by atoms with van der Waals surface area (Å²) in [6, 6.07) is 11.2. The number of hydrogen-bond donors (Lipinski definition) is 2. The van der Waals surface area contributed by atoms with Crippen molar-refractivity contribution in [1.82, 2.24) is 10.2 Å². The molecule has 3 atom stereocenters. The van der Waals surface area contributed by atoms with Gasteiger partial charge in [-0.05, 0) is 31.2 Å². The minimum atomic E-state index is -0.550. The van der Waals surface area contributed by atoms with E-state index in [4.69, 9.17) is 0 Å². The predicted octanol–water partition coefficient (Wildman–Crippen LogP) is 2.56. The van der Waals surface area contributed by atoms with Gasteiger partial charge in [0.25, 0.3) is 0 Å². The third kappa shape index (κ3) is 5.63. The number of rotatable bonds is 6. The molecular weight excluding hydrogens is 288 g/mol. The Morgan fingerprint density at radius 1 is 1.35 bits per heavy atom. The van der Waals surface area contributed by atoms with Crippen LogP contribution in [0.15, 0.2) is 30.3 Å². The fraction of sp³-hybridized carbons (Fsp3) is 0.632. The van der Waals surface area contributed by atoms with Gasteiger partial charge in [0.2, 0.25) is 5.91 Å². The van der Waals surface area contributed by atoms with Gasteiger partial charge in [-0.2, -0.15) is 0 Å². The molecule has 1 aromatic rings. The molecule has 0 aromatic heterocycles. The molecule has 1 saturated heterocycles. The number of aliphatic hydroxyl groups is 1. The standard InChI is InChI=1S/C19H30N2O2/c1-14(2)18(22)12-19(23)20-17-9-10-21(15(3)11-17)13-16-7-5-4-6-8-16/h4-8,14-15,17-18,22H,9-13H2,1-3H3,(H,20,23). The zero-order chi connectivity index (χ0) is 16.8. The van der Waals surface area contributed by atoms with Gasteiger partial charge >= 0.3 is 0 Å². The van der Waals surface area contributed by atoms with Gasteiger partial charge in [0, 0.05) is 25.2 Å². The van der Waals surface area contributed by atoms with Crippen molar-refractivity contribution >= 4 is 5.91 Å². The topological polar surface area (TPSA) is 52.6 Å². The van der Waals surface area contributed by atoms with Gasteiger partial charge in [0.05, 0.1) is 12.5 Å². The Kier molecular flexibility index (Phi) is 6.60. The molecule has 0 bridgehead atoms. The number of nitrogens with zero attached hydrogens (tertiary/aromatic N) is 1. The maximum Gasteiger partial charge on any atom is 0.222 e. The number of piperidine rings is 1. The summed E-state index contributed by atoms with van der Waals surface area (Å²) >= 11 is 0. The lowest BCUT2D eigenvalue weighted by molar-refractivity contribution is -0.124. The molecule has 0 radical (unpaired) electrons. The smallest absolute Gasteiger partial charge is 0.222 e. The first kappa shape index (κ1) is 18.0. The molecule has 0 aliphatic carbocycles. The number of carbonyl (C=O) groups excluding carboxylic acids is 1. The van der Waals surface area contributed by atoms with E-state index < -0.39 is 6.10 Å². The van der Waals surface area contributed by atoms with Crippen LogP contribution in [0.1, 0.15) is 45.6 Å². The first-order valence-electron chi connectivity index (χ1n) is 8.71. The second kappa shape index (κ2) is 8.46. The molecule has 3 unspecified atom stereocenters. The Hall–Kier alpha value is -1.39. The summed E-state index contributed by atoms with van der Waals surface area (Å²) < 4.78 is 0. The zero-order valence-corrected chi connectivity index (χ0v) is 14.5. The summed E-state index contributed by atoms with van der Waals surface area (Å²) in [6.45, 7) is 8.05. The van der Waals surface area contributed by atoms with E-state index in [0.29, 0.717) is 6.04 Å². The summed E-state index contributed by atoms with van der Waals surface area (Å²) in [5.41, 5.74) is 1.34. The van der Waals surface area contributed by atoms with E-state index in [1.165, 1.54) is 5.56 Å². The minimum Gasteiger partial charge on any atom is -0.392 e. The van der Waals surface area contributed by atoms with Crippen LogP contribution < -0.4 is 5.32 Å². The van der Waals surface area contributed by atoms with Gasteiger partial charge in [-0.3, -0.25) is 9.69 Å². The lowest BCUT2D eigenvalue weighted by atomic mass is 9.96. The molecule has 1 aromatic carbocycles. The monoisotopic (exact) mass is 318 g/mol. The lowest BCUT2D eigenvalue weighted by Crippen LogP contribution is -2.49. The van der Waals surface area contributed by atoms with Crippen molar-refractivity contribution in [3.63, 3.8) is 0 Å². The molecule has 23 heavy (non-hydrogen) atoms. The Labute approximate surface area is 139 Å². The Morgan fingerprint density at radius 2 is 2.04 bits per heavy atom. The van der Waals surface area contributed by atoms with Gasteiger partial charge in [-0.25, -0.2) is 0 Å². The molecule has 1 aliphatic rings. The fourth-order valence-corrected chi connectivity index (χ4v) is 3.12. The van der Waals surface area contributed by atoms with E-state index in [9.17, 15) is 9.90 Å². The van der Waals surface area contributed by atoms with Crippen LogP contribution in [0.25, 0.3) is 0 Å². The number of hydrogen-bond acceptors (Lipinski definition) is 3. The third-order valence-corrected chi connectivity index (χ3v) is 4.77. The Bertz CT molecular complexity index is 489. The molecule has 1 heterocycles. The molecule has 0 saturated carbocycles. The number of nitrogens with one attached hydrogen (secondary N) is 1. The molecule has 128 valence electrons. The maximum atomic E-state index is 12.0. The first-order valence-corrected chi connectivity index (χ1v) is 8.71. The highest BCUT2D eigenvalue weighted by atomic mass is 16.3. The fourth-order valence-electron chi connectivity index (χ4n) is 3.12. The Morgan fingerprint density at radius 3 is 2.65 bits per heavy atom. The van der Waals surface area contributed by atoms with E-state index in [2.05, 4.69) is 41.4 Å².